The van der Waals surface area contributed by atoms with Gasteiger partial charge in [0.1, 0.15) is 11.4 Å². The molecule has 0 aromatic carbocycles. The van der Waals surface area contributed by atoms with Gasteiger partial charge in [-0.25, -0.2) is 9.97 Å². The van der Waals surface area contributed by atoms with Gasteiger partial charge in [-0.05, 0) is 48.5 Å². The minimum atomic E-state index is -0.344. The number of hydrogen-bond acceptors (Lipinski definition) is 4. The fourth-order valence-electron chi connectivity index (χ4n) is 2.82. The summed E-state index contributed by atoms with van der Waals surface area (Å²) >= 11 is 3.52. The van der Waals surface area contributed by atoms with E-state index in [0.29, 0.717) is 12.4 Å². The van der Waals surface area contributed by atoms with Gasteiger partial charge in [0, 0.05) is 12.0 Å². The number of halogens is 1. The Balaban J connectivity index is 2.54. The van der Waals surface area contributed by atoms with Crippen molar-refractivity contribution < 1.29 is 4.74 Å². The third-order valence-electron chi connectivity index (χ3n) is 3.83. The molecule has 20 heavy (non-hydrogen) atoms. The van der Waals surface area contributed by atoms with Crippen molar-refractivity contribution >= 4 is 21.7 Å². The number of nitrogens with two attached hydrogens (primary N) is 1. The maximum Gasteiger partial charge on any atom is 0.162 e. The van der Waals surface area contributed by atoms with E-state index in [-0.39, 0.29) is 11.0 Å². The van der Waals surface area contributed by atoms with Crippen LogP contribution < -0.4 is 5.73 Å². The predicted octanol–water partition coefficient (Wildman–Crippen LogP) is 3.92. The molecular formula is C15H24BrN3O. The average Bonchev–Trinajstić information content (AvgIpc) is 2.81. The summed E-state index contributed by atoms with van der Waals surface area (Å²) in [7, 11) is 0. The Labute approximate surface area is 129 Å². The Bertz CT molecular complexity index is 491. The lowest BCUT2D eigenvalue weighted by Gasteiger charge is -2.30. The van der Waals surface area contributed by atoms with Crippen molar-refractivity contribution in [2.24, 2.45) is 0 Å². The van der Waals surface area contributed by atoms with Crippen LogP contribution in [0.2, 0.25) is 0 Å². The van der Waals surface area contributed by atoms with E-state index in [2.05, 4.69) is 41.7 Å². The number of ether oxygens (including phenoxy) is 1. The highest BCUT2D eigenvalue weighted by molar-refractivity contribution is 9.10. The molecule has 0 radical (unpaired) electrons. The monoisotopic (exact) mass is 341 g/mol. The summed E-state index contributed by atoms with van der Waals surface area (Å²) in [5.41, 5.74) is 6.61. The van der Waals surface area contributed by atoms with Crippen LogP contribution in [-0.2, 0) is 15.8 Å². The minimum absolute atomic E-state index is 0.0867. The molecule has 2 rings (SSSR count). The molecule has 5 heteroatoms. The van der Waals surface area contributed by atoms with Crippen molar-refractivity contribution in [2.45, 2.75) is 64.4 Å². The van der Waals surface area contributed by atoms with Crippen LogP contribution >= 0.6 is 15.9 Å². The van der Waals surface area contributed by atoms with E-state index in [0.717, 1.165) is 41.7 Å². The lowest BCUT2D eigenvalue weighted by molar-refractivity contribution is -0.0458. The fraction of sp³-hybridized carbons (Fsp3) is 0.733. The zero-order chi connectivity index (χ0) is 15.0. The smallest absolute Gasteiger partial charge is 0.162 e. The number of nitrogen functional groups attached to an aromatic ring is 1. The summed E-state index contributed by atoms with van der Waals surface area (Å²) in [6, 6.07) is 0. The molecule has 0 amide bonds. The topological polar surface area (TPSA) is 61.0 Å². The van der Waals surface area contributed by atoms with Gasteiger partial charge in [0.2, 0.25) is 0 Å². The van der Waals surface area contributed by atoms with E-state index in [1.165, 1.54) is 0 Å². The quantitative estimate of drug-likeness (QED) is 0.904. The van der Waals surface area contributed by atoms with E-state index in [9.17, 15) is 0 Å². The van der Waals surface area contributed by atoms with Crippen LogP contribution in [0.3, 0.4) is 0 Å². The first-order valence-corrected chi connectivity index (χ1v) is 8.07. The maximum absolute atomic E-state index is 6.09. The second-order valence-electron chi connectivity index (χ2n) is 6.48. The number of anilines is 1. The SMILES string of the molecule is CCOC1(c2nc(N)c(Br)c(C(C)(C)C)n2)CCCC1. The van der Waals surface area contributed by atoms with E-state index < -0.39 is 0 Å². The zero-order valence-corrected chi connectivity index (χ0v) is 14.4. The van der Waals surface area contributed by atoms with Gasteiger partial charge in [0.05, 0.1) is 10.2 Å². The first-order chi connectivity index (χ1) is 9.30. The van der Waals surface area contributed by atoms with E-state index in [1.807, 2.05) is 6.92 Å². The molecule has 2 N–H and O–H groups in total. The normalized spacial score (nSPS) is 18.4. The first-order valence-electron chi connectivity index (χ1n) is 7.28. The van der Waals surface area contributed by atoms with Gasteiger partial charge in [0.25, 0.3) is 0 Å². The number of aromatic nitrogens is 2. The second-order valence-corrected chi connectivity index (χ2v) is 7.27. The van der Waals surface area contributed by atoms with Crippen molar-refractivity contribution in [3.05, 3.63) is 16.0 Å². The molecule has 0 aliphatic heterocycles. The molecule has 1 aliphatic rings. The van der Waals surface area contributed by atoms with Crippen LogP contribution in [0.4, 0.5) is 5.82 Å². The van der Waals surface area contributed by atoms with Crippen molar-refractivity contribution in [2.75, 3.05) is 12.3 Å². The van der Waals surface area contributed by atoms with Crippen LogP contribution in [0.25, 0.3) is 0 Å². The summed E-state index contributed by atoms with van der Waals surface area (Å²) in [6.07, 6.45) is 4.27. The first kappa shape index (κ1) is 15.7. The number of hydrogen-bond donors (Lipinski definition) is 1. The Kier molecular flexibility index (Phi) is 4.40. The fourth-order valence-corrected chi connectivity index (χ4v) is 3.59. The predicted molar refractivity (Wildman–Crippen MR) is 84.6 cm³/mol. The summed E-state index contributed by atoms with van der Waals surface area (Å²) in [6.45, 7) is 9.08. The molecule has 1 fully saturated rings. The lowest BCUT2D eigenvalue weighted by atomic mass is 9.91. The van der Waals surface area contributed by atoms with Crippen molar-refractivity contribution in [3.63, 3.8) is 0 Å². The third kappa shape index (κ3) is 2.84. The zero-order valence-electron chi connectivity index (χ0n) is 12.8. The van der Waals surface area contributed by atoms with Gasteiger partial charge >= 0.3 is 0 Å². The Morgan fingerprint density at radius 3 is 2.35 bits per heavy atom. The molecule has 1 aromatic rings. The Hall–Kier alpha value is -0.680. The highest BCUT2D eigenvalue weighted by atomic mass is 79.9. The van der Waals surface area contributed by atoms with Crippen molar-refractivity contribution in [3.8, 4) is 0 Å². The van der Waals surface area contributed by atoms with Crippen LogP contribution in [0, 0.1) is 0 Å². The molecule has 1 aliphatic carbocycles. The van der Waals surface area contributed by atoms with Crippen molar-refractivity contribution in [1.29, 1.82) is 0 Å². The van der Waals surface area contributed by atoms with E-state index in [1.54, 1.807) is 0 Å². The summed E-state index contributed by atoms with van der Waals surface area (Å²) in [5.74, 6) is 1.26. The van der Waals surface area contributed by atoms with E-state index in [4.69, 9.17) is 15.5 Å². The van der Waals surface area contributed by atoms with Gasteiger partial charge in [-0.15, -0.1) is 0 Å². The maximum atomic E-state index is 6.09. The molecule has 112 valence electrons. The molecule has 1 aromatic heterocycles. The summed E-state index contributed by atoms with van der Waals surface area (Å²) in [5, 5.41) is 0. The molecule has 1 heterocycles. The highest BCUT2D eigenvalue weighted by Crippen LogP contribution is 2.42. The second kappa shape index (κ2) is 5.60. The Morgan fingerprint density at radius 2 is 1.85 bits per heavy atom. The molecule has 0 saturated heterocycles. The molecule has 0 spiro atoms. The molecule has 0 unspecified atom stereocenters. The van der Waals surface area contributed by atoms with Gasteiger partial charge in [-0.1, -0.05) is 20.8 Å². The van der Waals surface area contributed by atoms with Gasteiger partial charge < -0.3 is 10.5 Å². The molecular weight excluding hydrogens is 318 g/mol. The van der Waals surface area contributed by atoms with Crippen LogP contribution in [0.15, 0.2) is 4.47 Å². The van der Waals surface area contributed by atoms with Gasteiger partial charge in [-0.3, -0.25) is 0 Å². The number of rotatable bonds is 3. The van der Waals surface area contributed by atoms with Crippen molar-refractivity contribution in [1.82, 2.24) is 9.97 Å². The largest absolute Gasteiger partial charge is 0.383 e. The van der Waals surface area contributed by atoms with Gasteiger partial charge in [-0.2, -0.15) is 0 Å². The van der Waals surface area contributed by atoms with Crippen LogP contribution in [0.1, 0.15) is 64.9 Å². The van der Waals surface area contributed by atoms with Gasteiger partial charge in [0.15, 0.2) is 5.82 Å². The average molecular weight is 342 g/mol. The lowest BCUT2D eigenvalue weighted by Crippen LogP contribution is -2.31. The summed E-state index contributed by atoms with van der Waals surface area (Å²) in [4.78, 5) is 9.33. The molecule has 4 nitrogen and oxygen atoms in total. The highest BCUT2D eigenvalue weighted by Gasteiger charge is 2.40. The Morgan fingerprint density at radius 1 is 1.25 bits per heavy atom. The van der Waals surface area contributed by atoms with Crippen LogP contribution in [0.5, 0.6) is 0 Å². The molecule has 0 bridgehead atoms. The minimum Gasteiger partial charge on any atom is -0.383 e. The molecule has 0 atom stereocenters. The van der Waals surface area contributed by atoms with Crippen LogP contribution in [-0.4, -0.2) is 16.6 Å². The standard InChI is InChI=1S/C15H24BrN3O/c1-5-20-15(8-6-7-9-15)13-18-11(14(2,3)4)10(16)12(17)19-13/h5-9H2,1-4H3,(H2,17,18,19). The van der Waals surface area contributed by atoms with E-state index >= 15 is 0 Å². The third-order valence-corrected chi connectivity index (χ3v) is 4.61. The molecule has 1 saturated carbocycles. The number of nitrogens with zero attached hydrogens (tertiary/aromatic N) is 2. The summed E-state index contributed by atoms with van der Waals surface area (Å²) < 4.78 is 6.85.